The lowest BCUT2D eigenvalue weighted by Crippen LogP contribution is -2.53. The second-order valence-electron chi connectivity index (χ2n) is 3.77. The van der Waals surface area contributed by atoms with Crippen LogP contribution in [0.4, 0.5) is 0 Å². The summed E-state index contributed by atoms with van der Waals surface area (Å²) in [6, 6.07) is 7.29. The van der Waals surface area contributed by atoms with Crippen molar-refractivity contribution in [2.75, 3.05) is 0 Å². The summed E-state index contributed by atoms with van der Waals surface area (Å²) >= 11 is 5.02. The van der Waals surface area contributed by atoms with E-state index in [9.17, 15) is 4.79 Å². The lowest BCUT2D eigenvalue weighted by molar-refractivity contribution is 0.0976. The number of carbonyl (C=O) groups excluding carboxylic acids is 1. The predicted octanol–water partition coefficient (Wildman–Crippen LogP) is -1.00. The number of rotatable bonds is 2. The van der Waals surface area contributed by atoms with Gasteiger partial charge >= 0.3 is 0 Å². The highest BCUT2D eigenvalue weighted by Crippen LogP contribution is 2.03. The zero-order valence-corrected chi connectivity index (χ0v) is 10.5. The van der Waals surface area contributed by atoms with E-state index in [-0.39, 0.29) is 17.3 Å². The molecule has 0 spiro atoms. The molecular weight excluding hydrogens is 252 g/mol. The highest BCUT2D eigenvalue weighted by atomic mass is 32.1. The predicted molar refractivity (Wildman–Crippen MR) is 70.7 cm³/mol. The van der Waals surface area contributed by atoms with Crippen LogP contribution in [0.1, 0.15) is 15.9 Å². The molecule has 1 aliphatic heterocycles. The van der Waals surface area contributed by atoms with E-state index >= 15 is 0 Å². The van der Waals surface area contributed by atoms with E-state index in [0.717, 1.165) is 5.56 Å². The minimum Gasteiger partial charge on any atom is -0.332 e. The fourth-order valence-corrected chi connectivity index (χ4v) is 1.66. The maximum Gasteiger partial charge on any atom is 0.257 e. The van der Waals surface area contributed by atoms with Crippen molar-refractivity contribution in [2.45, 2.75) is 13.2 Å². The Hall–Kier alpha value is -1.58. The Morgan fingerprint density at radius 1 is 1.33 bits per heavy atom. The molecule has 1 fully saturated rings. The monoisotopic (exact) mass is 266 g/mol. The number of hydrogen-bond acceptors (Lipinski definition) is 6. The topological polar surface area (TPSA) is 89.2 Å². The normalized spacial score (nSPS) is 15.4. The minimum absolute atomic E-state index is 0.233. The third-order valence-corrected chi connectivity index (χ3v) is 2.50. The van der Waals surface area contributed by atoms with Gasteiger partial charge < -0.3 is 5.32 Å². The number of benzene rings is 1. The fourth-order valence-electron chi connectivity index (χ4n) is 1.45. The molecule has 6 N–H and O–H groups in total. The van der Waals surface area contributed by atoms with Gasteiger partial charge in [0, 0.05) is 5.56 Å². The molecule has 1 amide bonds. The second kappa shape index (κ2) is 5.85. The van der Waals surface area contributed by atoms with E-state index in [1.165, 1.54) is 0 Å². The molecule has 1 aromatic rings. The summed E-state index contributed by atoms with van der Waals surface area (Å²) in [7, 11) is 0. The number of aryl methyl sites for hydroxylation is 1. The number of amides is 1. The van der Waals surface area contributed by atoms with Crippen LogP contribution in [0.3, 0.4) is 0 Å². The first-order valence-corrected chi connectivity index (χ1v) is 5.75. The van der Waals surface area contributed by atoms with Crippen LogP contribution in [0.5, 0.6) is 0 Å². The summed E-state index contributed by atoms with van der Waals surface area (Å²) in [5, 5.41) is 5.68. The van der Waals surface area contributed by atoms with Crippen molar-refractivity contribution in [3.8, 4) is 0 Å². The molecule has 0 saturated carbocycles. The third-order valence-electron chi connectivity index (χ3n) is 2.28. The lowest BCUT2D eigenvalue weighted by Gasteiger charge is -2.14. The number of hydrazine groups is 3. The number of carbonyl (C=O) groups is 1. The van der Waals surface area contributed by atoms with Gasteiger partial charge in [0.05, 0.1) is 0 Å². The summed E-state index contributed by atoms with van der Waals surface area (Å²) in [6.07, 6.45) is -0.296. The van der Waals surface area contributed by atoms with Gasteiger partial charge in [0.2, 0.25) is 0 Å². The Balaban J connectivity index is 1.88. The Bertz CT molecular complexity index is 459. The molecule has 1 saturated heterocycles. The number of thiocarbonyl (C=S) groups is 1. The fraction of sp³-hybridized carbons (Fsp3) is 0.200. The Labute approximate surface area is 110 Å². The molecule has 0 unspecified atom stereocenters. The van der Waals surface area contributed by atoms with Crippen LogP contribution in [-0.4, -0.2) is 17.3 Å². The SMILES string of the molecule is Cc1cccc(C(=O)NC(=S)NC2NNNN2)c1. The van der Waals surface area contributed by atoms with E-state index in [0.29, 0.717) is 5.56 Å². The third kappa shape index (κ3) is 3.45. The van der Waals surface area contributed by atoms with Gasteiger partial charge in [-0.05, 0) is 31.3 Å². The van der Waals surface area contributed by atoms with Gasteiger partial charge in [0.25, 0.3) is 5.91 Å². The molecule has 0 atom stereocenters. The average molecular weight is 266 g/mol. The molecule has 1 heterocycles. The van der Waals surface area contributed by atoms with Gasteiger partial charge in [-0.25, -0.2) is 10.9 Å². The Morgan fingerprint density at radius 3 is 2.72 bits per heavy atom. The van der Waals surface area contributed by atoms with E-state index in [2.05, 4.69) is 32.6 Å². The van der Waals surface area contributed by atoms with Crippen molar-refractivity contribution in [1.82, 2.24) is 32.6 Å². The summed E-state index contributed by atoms with van der Waals surface area (Å²) in [6.45, 7) is 1.93. The van der Waals surface area contributed by atoms with Crippen LogP contribution >= 0.6 is 12.2 Å². The van der Waals surface area contributed by atoms with E-state index in [1.807, 2.05) is 19.1 Å². The lowest BCUT2D eigenvalue weighted by atomic mass is 10.1. The molecular formula is C10H14N6OS. The van der Waals surface area contributed by atoms with Crippen LogP contribution in [-0.2, 0) is 0 Å². The van der Waals surface area contributed by atoms with E-state index in [4.69, 9.17) is 12.2 Å². The standard InChI is InChI=1S/C10H14N6OS/c1-6-3-2-4-7(5-6)8(17)11-10(18)12-9-13-15-16-14-9/h2-5,9,13-16H,1H3,(H2,11,12,17,18). The molecule has 1 aliphatic rings. The Kier molecular flexibility index (Phi) is 4.18. The zero-order chi connectivity index (χ0) is 13.0. The summed E-state index contributed by atoms with van der Waals surface area (Å²) in [5.74, 6) is -0.241. The average Bonchev–Trinajstić information content (AvgIpc) is 2.81. The van der Waals surface area contributed by atoms with Crippen molar-refractivity contribution < 1.29 is 4.79 Å². The van der Waals surface area contributed by atoms with Gasteiger partial charge in [-0.1, -0.05) is 17.7 Å². The van der Waals surface area contributed by atoms with Gasteiger partial charge in [-0.15, -0.1) is 0 Å². The molecule has 2 rings (SSSR count). The molecule has 7 nitrogen and oxygen atoms in total. The van der Waals surface area contributed by atoms with Gasteiger partial charge in [0.1, 0.15) is 0 Å². The summed E-state index contributed by atoms with van der Waals surface area (Å²) in [4.78, 5) is 11.9. The first-order chi connectivity index (χ1) is 8.65. The van der Waals surface area contributed by atoms with Crippen molar-refractivity contribution in [3.05, 3.63) is 35.4 Å². The van der Waals surface area contributed by atoms with Crippen LogP contribution < -0.4 is 32.6 Å². The molecule has 8 heteroatoms. The maximum absolute atomic E-state index is 11.9. The smallest absolute Gasteiger partial charge is 0.257 e. The molecule has 96 valence electrons. The first-order valence-electron chi connectivity index (χ1n) is 5.35. The highest BCUT2D eigenvalue weighted by Gasteiger charge is 2.14. The van der Waals surface area contributed by atoms with Gasteiger partial charge in [-0.2, -0.15) is 11.1 Å². The van der Waals surface area contributed by atoms with Crippen molar-refractivity contribution >= 4 is 23.2 Å². The van der Waals surface area contributed by atoms with Crippen molar-refractivity contribution in [3.63, 3.8) is 0 Å². The summed E-state index contributed by atoms with van der Waals surface area (Å²) < 4.78 is 0. The van der Waals surface area contributed by atoms with Crippen molar-refractivity contribution in [1.29, 1.82) is 0 Å². The Morgan fingerprint density at radius 2 is 2.06 bits per heavy atom. The van der Waals surface area contributed by atoms with Crippen LogP contribution in [0.15, 0.2) is 24.3 Å². The highest BCUT2D eigenvalue weighted by molar-refractivity contribution is 7.80. The number of nitrogens with one attached hydrogen (secondary N) is 6. The second-order valence-corrected chi connectivity index (χ2v) is 4.18. The van der Waals surface area contributed by atoms with Crippen LogP contribution in [0.25, 0.3) is 0 Å². The maximum atomic E-state index is 11.9. The minimum atomic E-state index is -0.296. The quantitative estimate of drug-likeness (QED) is 0.383. The molecule has 1 aromatic carbocycles. The van der Waals surface area contributed by atoms with Gasteiger partial charge in [0.15, 0.2) is 11.4 Å². The molecule has 0 aromatic heterocycles. The molecule has 0 radical (unpaired) electrons. The molecule has 18 heavy (non-hydrogen) atoms. The molecule has 0 aliphatic carbocycles. The van der Waals surface area contributed by atoms with Crippen LogP contribution in [0.2, 0.25) is 0 Å². The van der Waals surface area contributed by atoms with Crippen LogP contribution in [0, 0.1) is 6.92 Å². The van der Waals surface area contributed by atoms with E-state index < -0.39 is 0 Å². The largest absolute Gasteiger partial charge is 0.332 e. The zero-order valence-electron chi connectivity index (χ0n) is 9.70. The number of hydrogen-bond donors (Lipinski definition) is 6. The molecule has 0 bridgehead atoms. The first kappa shape index (κ1) is 12.9. The summed E-state index contributed by atoms with van der Waals surface area (Å²) in [5.41, 5.74) is 12.4. The van der Waals surface area contributed by atoms with Gasteiger partial charge in [-0.3, -0.25) is 10.1 Å². The van der Waals surface area contributed by atoms with E-state index in [1.54, 1.807) is 12.1 Å². The van der Waals surface area contributed by atoms with Crippen molar-refractivity contribution in [2.24, 2.45) is 0 Å².